The van der Waals surface area contributed by atoms with Gasteiger partial charge in [-0.15, -0.1) is 0 Å². The van der Waals surface area contributed by atoms with E-state index in [4.69, 9.17) is 9.47 Å². The van der Waals surface area contributed by atoms with Crippen molar-refractivity contribution in [2.45, 2.75) is 26.6 Å². The van der Waals surface area contributed by atoms with Gasteiger partial charge < -0.3 is 14.4 Å². The predicted octanol–water partition coefficient (Wildman–Crippen LogP) is 9.68. The number of esters is 2. The molecule has 0 aromatic heterocycles. The lowest BCUT2D eigenvalue weighted by molar-refractivity contribution is -0.139. The highest BCUT2D eigenvalue weighted by Crippen LogP contribution is 2.35. The number of benzene rings is 5. The number of aryl methyl sites for hydroxylation is 1. The Morgan fingerprint density at radius 3 is 1.28 bits per heavy atom. The minimum atomic E-state index is -0.436. The van der Waals surface area contributed by atoms with Gasteiger partial charge >= 0.3 is 11.9 Å². The average Bonchev–Trinajstić information content (AvgIpc) is 3.11. The van der Waals surface area contributed by atoms with Crippen LogP contribution in [0.3, 0.4) is 0 Å². The van der Waals surface area contributed by atoms with Crippen molar-refractivity contribution in [3.05, 3.63) is 186 Å². The Balaban J connectivity index is 1.24. The van der Waals surface area contributed by atoms with E-state index < -0.39 is 11.9 Å². The summed E-state index contributed by atoms with van der Waals surface area (Å²) >= 11 is 0. The molecular formula is C42H37NO4. The smallest absolute Gasteiger partial charge is 0.330 e. The van der Waals surface area contributed by atoms with Crippen LogP contribution in [0, 0.1) is 6.92 Å². The molecule has 5 heteroatoms. The van der Waals surface area contributed by atoms with Crippen molar-refractivity contribution >= 4 is 41.2 Å². The number of rotatable bonds is 13. The summed E-state index contributed by atoms with van der Waals surface area (Å²) < 4.78 is 10.3. The highest BCUT2D eigenvalue weighted by molar-refractivity contribution is 5.81. The summed E-state index contributed by atoms with van der Waals surface area (Å²) in [5.74, 6) is -0.862. The van der Waals surface area contributed by atoms with Gasteiger partial charge in [-0.2, -0.15) is 0 Å². The van der Waals surface area contributed by atoms with E-state index in [0.29, 0.717) is 0 Å². The van der Waals surface area contributed by atoms with Crippen LogP contribution in [0.2, 0.25) is 0 Å². The molecule has 0 radical (unpaired) electrons. The summed E-state index contributed by atoms with van der Waals surface area (Å²) in [7, 11) is 0. The molecule has 234 valence electrons. The molecule has 0 N–H and O–H groups in total. The van der Waals surface area contributed by atoms with E-state index in [1.165, 1.54) is 22.8 Å². The molecule has 47 heavy (non-hydrogen) atoms. The standard InChI is InChI=1S/C42H37NO4/c1-4-41(44)46-29-36-16-12-33(13-17-36)9-8-32-10-14-34(15-11-32)28-35-18-24-39(25-19-35)43(38-22-6-31(3)7-23-38)40-26-20-37(21-27-40)30-47-42(45)5-2/h4-27H,1-2,28-30H2,3H3. The Hall–Kier alpha value is -5.94. The Bertz CT molecular complexity index is 1840. The molecule has 0 heterocycles. The van der Waals surface area contributed by atoms with Crippen molar-refractivity contribution in [2.75, 3.05) is 4.90 Å². The van der Waals surface area contributed by atoms with Gasteiger partial charge in [-0.25, -0.2) is 9.59 Å². The molecule has 5 nitrogen and oxygen atoms in total. The number of anilines is 3. The number of carbonyl (C=O) groups excluding carboxylic acids is 2. The van der Waals surface area contributed by atoms with Crippen molar-refractivity contribution in [1.29, 1.82) is 0 Å². The number of ether oxygens (including phenoxy) is 2. The fraction of sp³-hybridized carbons (Fsp3) is 0.0952. The van der Waals surface area contributed by atoms with Crippen molar-refractivity contribution in [3.8, 4) is 0 Å². The molecule has 0 atom stereocenters. The van der Waals surface area contributed by atoms with Gasteiger partial charge in [0, 0.05) is 29.2 Å². The highest BCUT2D eigenvalue weighted by atomic mass is 16.5. The predicted molar refractivity (Wildman–Crippen MR) is 190 cm³/mol. The molecule has 5 aromatic carbocycles. The zero-order valence-corrected chi connectivity index (χ0v) is 26.5. The first-order valence-corrected chi connectivity index (χ1v) is 15.4. The topological polar surface area (TPSA) is 55.8 Å². The lowest BCUT2D eigenvalue weighted by atomic mass is 10.0. The summed E-state index contributed by atoms with van der Waals surface area (Å²) in [4.78, 5) is 25.0. The van der Waals surface area contributed by atoms with E-state index >= 15 is 0 Å². The van der Waals surface area contributed by atoms with Crippen LogP contribution in [0.4, 0.5) is 17.1 Å². The van der Waals surface area contributed by atoms with Crippen molar-refractivity contribution in [3.63, 3.8) is 0 Å². The highest BCUT2D eigenvalue weighted by Gasteiger charge is 2.13. The normalized spacial score (nSPS) is 10.7. The largest absolute Gasteiger partial charge is 0.458 e. The monoisotopic (exact) mass is 619 g/mol. The molecule has 0 aliphatic carbocycles. The lowest BCUT2D eigenvalue weighted by Gasteiger charge is -2.26. The number of hydrogen-bond donors (Lipinski definition) is 0. The molecule has 0 aliphatic heterocycles. The van der Waals surface area contributed by atoms with Gasteiger partial charge in [-0.1, -0.05) is 116 Å². The third kappa shape index (κ3) is 9.28. The SMILES string of the molecule is C=CC(=O)OCc1ccc(C=Cc2ccc(Cc3ccc(N(c4ccc(C)cc4)c4ccc(COC(=O)C=C)cc4)cc3)cc2)cc1. The lowest BCUT2D eigenvalue weighted by Crippen LogP contribution is -2.10. The second kappa shape index (κ2) is 15.9. The van der Waals surface area contributed by atoms with Gasteiger partial charge in [-0.3, -0.25) is 0 Å². The minimum Gasteiger partial charge on any atom is -0.458 e. The van der Waals surface area contributed by atoms with Crippen LogP contribution < -0.4 is 4.90 Å². The number of carbonyl (C=O) groups is 2. The Labute approximate surface area is 276 Å². The van der Waals surface area contributed by atoms with E-state index in [1.54, 1.807) is 0 Å². The van der Waals surface area contributed by atoms with Gasteiger partial charge in [-0.05, 0) is 83.1 Å². The minimum absolute atomic E-state index is 0.202. The van der Waals surface area contributed by atoms with E-state index in [-0.39, 0.29) is 13.2 Å². The Kier molecular flexibility index (Phi) is 11.0. The maximum atomic E-state index is 11.5. The van der Waals surface area contributed by atoms with Crippen LogP contribution in [0.5, 0.6) is 0 Å². The number of nitrogens with zero attached hydrogens (tertiary/aromatic N) is 1. The van der Waals surface area contributed by atoms with Gasteiger partial charge in [0.1, 0.15) is 13.2 Å². The van der Waals surface area contributed by atoms with Crippen LogP contribution in [0.15, 0.2) is 147 Å². The van der Waals surface area contributed by atoms with Crippen molar-refractivity contribution < 1.29 is 19.1 Å². The summed E-state index contributed by atoms with van der Waals surface area (Å²) in [5.41, 5.74) is 10.8. The fourth-order valence-electron chi connectivity index (χ4n) is 4.97. The van der Waals surface area contributed by atoms with E-state index in [1.807, 2.05) is 48.5 Å². The zero-order valence-electron chi connectivity index (χ0n) is 26.5. The molecule has 0 unspecified atom stereocenters. The van der Waals surface area contributed by atoms with Crippen LogP contribution in [0.1, 0.15) is 38.9 Å². The molecule has 0 fully saturated rings. The summed E-state index contributed by atoms with van der Waals surface area (Å²) in [6.45, 7) is 9.38. The zero-order chi connectivity index (χ0) is 33.0. The van der Waals surface area contributed by atoms with Gasteiger partial charge in [0.05, 0.1) is 0 Å². The van der Waals surface area contributed by atoms with E-state index in [2.05, 4.69) is 110 Å². The van der Waals surface area contributed by atoms with Crippen LogP contribution in [-0.4, -0.2) is 11.9 Å². The molecule has 5 rings (SSSR count). The summed E-state index contributed by atoms with van der Waals surface area (Å²) in [5, 5.41) is 0. The Morgan fingerprint density at radius 1 is 0.532 bits per heavy atom. The van der Waals surface area contributed by atoms with Crippen LogP contribution in [0.25, 0.3) is 12.2 Å². The molecule has 0 bridgehead atoms. The summed E-state index contributed by atoms with van der Waals surface area (Å²) in [6, 6.07) is 41.7. The van der Waals surface area contributed by atoms with E-state index in [0.717, 1.165) is 51.8 Å². The van der Waals surface area contributed by atoms with Crippen LogP contribution in [-0.2, 0) is 38.7 Å². The van der Waals surface area contributed by atoms with E-state index in [9.17, 15) is 9.59 Å². The molecule has 0 amide bonds. The van der Waals surface area contributed by atoms with Crippen molar-refractivity contribution in [2.24, 2.45) is 0 Å². The molecule has 0 aliphatic rings. The maximum Gasteiger partial charge on any atom is 0.330 e. The van der Waals surface area contributed by atoms with Gasteiger partial charge in [0.15, 0.2) is 0 Å². The average molecular weight is 620 g/mol. The molecule has 5 aromatic rings. The molecule has 0 saturated carbocycles. The maximum absolute atomic E-state index is 11.5. The number of hydrogen-bond acceptors (Lipinski definition) is 5. The third-order valence-electron chi connectivity index (χ3n) is 7.61. The first-order valence-electron chi connectivity index (χ1n) is 15.4. The van der Waals surface area contributed by atoms with Gasteiger partial charge in [0.25, 0.3) is 0 Å². The third-order valence-corrected chi connectivity index (χ3v) is 7.61. The summed E-state index contributed by atoms with van der Waals surface area (Å²) in [6.07, 6.45) is 7.31. The first-order chi connectivity index (χ1) is 22.9. The fourth-order valence-corrected chi connectivity index (χ4v) is 4.97. The second-order valence-corrected chi connectivity index (χ2v) is 11.1. The Morgan fingerprint density at radius 2 is 0.872 bits per heavy atom. The first kappa shape index (κ1) is 32.5. The quantitative estimate of drug-likeness (QED) is 0.0746. The van der Waals surface area contributed by atoms with Gasteiger partial charge in [0.2, 0.25) is 0 Å². The second-order valence-electron chi connectivity index (χ2n) is 11.1. The molecule has 0 spiro atoms. The molecular weight excluding hydrogens is 582 g/mol. The molecule has 0 saturated heterocycles. The van der Waals surface area contributed by atoms with Crippen LogP contribution >= 0.6 is 0 Å². The van der Waals surface area contributed by atoms with Crippen molar-refractivity contribution in [1.82, 2.24) is 0 Å².